The number of aromatic nitrogens is 2. The summed E-state index contributed by atoms with van der Waals surface area (Å²) >= 11 is 6.49. The minimum absolute atomic E-state index is 0.197. The quantitative estimate of drug-likeness (QED) is 0.497. The zero-order valence-corrected chi connectivity index (χ0v) is 20.5. The Bertz CT molecular complexity index is 1150. The molecular weight excluding hydrogens is 452 g/mol. The van der Waals surface area contributed by atoms with Crippen LogP contribution in [-0.2, 0) is 16.1 Å². The summed E-state index contributed by atoms with van der Waals surface area (Å²) in [5, 5.41) is 4.62. The van der Waals surface area contributed by atoms with Crippen molar-refractivity contribution < 1.29 is 14.3 Å². The lowest BCUT2D eigenvalue weighted by Crippen LogP contribution is -2.51. The maximum Gasteiger partial charge on any atom is 0.343 e. The van der Waals surface area contributed by atoms with Crippen LogP contribution in [0.4, 0.5) is 5.69 Å². The standard InChI is InChI=1S/C26H29ClN4O3/c1-18-9-11-21(12-10-18)17-31-24(27)23(19(2)28-31)26(33)34-20(3)25(32)30-15-13-29(14-16-30)22-7-5-4-6-8-22/h4-12,20H,13-17H2,1-3H3. The van der Waals surface area contributed by atoms with Gasteiger partial charge in [-0.15, -0.1) is 0 Å². The molecule has 0 spiro atoms. The minimum Gasteiger partial charge on any atom is -0.449 e. The van der Waals surface area contributed by atoms with Crippen molar-refractivity contribution in [2.24, 2.45) is 0 Å². The van der Waals surface area contributed by atoms with Crippen LogP contribution in [0.15, 0.2) is 54.6 Å². The Morgan fingerprint density at radius 1 is 1.00 bits per heavy atom. The Balaban J connectivity index is 1.36. The van der Waals surface area contributed by atoms with Crippen LogP contribution in [0.5, 0.6) is 0 Å². The van der Waals surface area contributed by atoms with E-state index in [2.05, 4.69) is 22.1 Å². The first-order valence-electron chi connectivity index (χ1n) is 11.4. The highest BCUT2D eigenvalue weighted by Gasteiger charge is 2.30. The average molecular weight is 481 g/mol. The van der Waals surface area contributed by atoms with Crippen molar-refractivity contribution in [2.45, 2.75) is 33.4 Å². The maximum atomic E-state index is 12.9. The largest absolute Gasteiger partial charge is 0.449 e. The normalized spacial score (nSPS) is 14.7. The second-order valence-electron chi connectivity index (χ2n) is 8.59. The Morgan fingerprint density at radius 3 is 2.29 bits per heavy atom. The van der Waals surface area contributed by atoms with Crippen LogP contribution in [0, 0.1) is 13.8 Å². The van der Waals surface area contributed by atoms with E-state index in [1.165, 1.54) is 0 Å². The van der Waals surface area contributed by atoms with Gasteiger partial charge in [0.25, 0.3) is 5.91 Å². The molecule has 1 fully saturated rings. The van der Waals surface area contributed by atoms with Crippen molar-refractivity contribution >= 4 is 29.2 Å². The van der Waals surface area contributed by atoms with Crippen LogP contribution in [-0.4, -0.2) is 58.8 Å². The number of anilines is 1. The third-order valence-electron chi connectivity index (χ3n) is 6.07. The molecule has 1 saturated heterocycles. The van der Waals surface area contributed by atoms with Gasteiger partial charge in [-0.3, -0.25) is 4.79 Å². The number of ether oxygens (including phenoxy) is 1. The summed E-state index contributed by atoms with van der Waals surface area (Å²) in [6.45, 7) is 8.38. The summed E-state index contributed by atoms with van der Waals surface area (Å²) in [4.78, 5) is 29.8. The van der Waals surface area contributed by atoms with E-state index in [9.17, 15) is 9.59 Å². The summed E-state index contributed by atoms with van der Waals surface area (Å²) in [5.74, 6) is -0.844. The summed E-state index contributed by atoms with van der Waals surface area (Å²) in [5.41, 5.74) is 3.99. The van der Waals surface area contributed by atoms with Gasteiger partial charge in [-0.2, -0.15) is 5.10 Å². The molecule has 178 valence electrons. The van der Waals surface area contributed by atoms with E-state index in [1.807, 2.05) is 49.4 Å². The Labute approximate surface area is 204 Å². The van der Waals surface area contributed by atoms with Gasteiger partial charge in [-0.05, 0) is 38.5 Å². The van der Waals surface area contributed by atoms with Gasteiger partial charge in [-0.1, -0.05) is 59.6 Å². The van der Waals surface area contributed by atoms with E-state index < -0.39 is 12.1 Å². The van der Waals surface area contributed by atoms with Crippen molar-refractivity contribution in [1.82, 2.24) is 14.7 Å². The predicted octanol–water partition coefficient (Wildman–Crippen LogP) is 4.10. The van der Waals surface area contributed by atoms with Crippen LogP contribution in [0.2, 0.25) is 5.15 Å². The number of rotatable bonds is 6. The van der Waals surface area contributed by atoms with Crippen molar-refractivity contribution in [3.63, 3.8) is 0 Å². The zero-order chi connectivity index (χ0) is 24.2. The second kappa shape index (κ2) is 10.3. The predicted molar refractivity (Wildman–Crippen MR) is 132 cm³/mol. The molecule has 2 heterocycles. The maximum absolute atomic E-state index is 12.9. The number of para-hydroxylation sites is 1. The van der Waals surface area contributed by atoms with E-state index in [1.54, 1.807) is 23.4 Å². The third-order valence-corrected chi connectivity index (χ3v) is 6.45. The summed E-state index contributed by atoms with van der Waals surface area (Å²) in [6.07, 6.45) is -0.910. The summed E-state index contributed by atoms with van der Waals surface area (Å²) in [7, 11) is 0. The van der Waals surface area contributed by atoms with Crippen molar-refractivity contribution in [3.05, 3.63) is 82.1 Å². The van der Waals surface area contributed by atoms with E-state index in [4.69, 9.17) is 16.3 Å². The molecule has 8 heteroatoms. The average Bonchev–Trinajstić information content (AvgIpc) is 3.13. The molecule has 0 radical (unpaired) electrons. The molecule has 0 saturated carbocycles. The van der Waals surface area contributed by atoms with Gasteiger partial charge < -0.3 is 14.5 Å². The fourth-order valence-corrected chi connectivity index (χ4v) is 4.42. The van der Waals surface area contributed by atoms with Crippen LogP contribution in [0.1, 0.15) is 34.1 Å². The molecule has 1 aliphatic heterocycles. The van der Waals surface area contributed by atoms with Gasteiger partial charge in [0.15, 0.2) is 6.10 Å². The number of benzene rings is 2. The van der Waals surface area contributed by atoms with Gasteiger partial charge >= 0.3 is 5.97 Å². The number of hydrogen-bond acceptors (Lipinski definition) is 5. The van der Waals surface area contributed by atoms with Crippen molar-refractivity contribution in [2.75, 3.05) is 31.1 Å². The second-order valence-corrected chi connectivity index (χ2v) is 8.95. The first kappa shape index (κ1) is 23.8. The Kier molecular flexibility index (Phi) is 7.22. The highest BCUT2D eigenvalue weighted by Crippen LogP contribution is 2.23. The molecule has 0 aliphatic carbocycles. The SMILES string of the molecule is Cc1ccc(Cn2nc(C)c(C(=O)OC(C)C(=O)N3CCN(c4ccccc4)CC3)c2Cl)cc1. The highest BCUT2D eigenvalue weighted by molar-refractivity contribution is 6.32. The third kappa shape index (κ3) is 5.25. The number of halogens is 1. The minimum atomic E-state index is -0.910. The molecule has 7 nitrogen and oxygen atoms in total. The molecule has 3 aromatic rings. The number of amides is 1. The van der Waals surface area contributed by atoms with Crippen molar-refractivity contribution in [1.29, 1.82) is 0 Å². The molecule has 1 amide bonds. The fourth-order valence-electron chi connectivity index (χ4n) is 4.11. The van der Waals surface area contributed by atoms with Crippen LogP contribution < -0.4 is 4.90 Å². The molecule has 2 aromatic carbocycles. The Morgan fingerprint density at radius 2 is 1.65 bits per heavy atom. The molecule has 4 rings (SSSR count). The van der Waals surface area contributed by atoms with Crippen LogP contribution >= 0.6 is 11.6 Å². The van der Waals surface area contributed by atoms with Gasteiger partial charge in [0, 0.05) is 31.9 Å². The van der Waals surface area contributed by atoms with E-state index in [0.717, 1.165) is 29.9 Å². The lowest BCUT2D eigenvalue weighted by molar-refractivity contribution is -0.140. The van der Waals surface area contributed by atoms with Gasteiger partial charge in [0.2, 0.25) is 0 Å². The molecule has 1 aliphatic rings. The van der Waals surface area contributed by atoms with E-state index in [0.29, 0.717) is 25.3 Å². The smallest absolute Gasteiger partial charge is 0.343 e. The van der Waals surface area contributed by atoms with E-state index in [-0.39, 0.29) is 16.6 Å². The first-order valence-corrected chi connectivity index (χ1v) is 11.8. The number of carbonyl (C=O) groups excluding carboxylic acids is 2. The van der Waals surface area contributed by atoms with Crippen molar-refractivity contribution in [3.8, 4) is 0 Å². The van der Waals surface area contributed by atoms with Crippen LogP contribution in [0.3, 0.4) is 0 Å². The summed E-state index contributed by atoms with van der Waals surface area (Å²) in [6, 6.07) is 18.1. The van der Waals surface area contributed by atoms with Gasteiger partial charge in [0.05, 0.1) is 12.2 Å². The zero-order valence-electron chi connectivity index (χ0n) is 19.7. The molecule has 1 unspecified atom stereocenters. The molecular formula is C26H29ClN4O3. The monoisotopic (exact) mass is 480 g/mol. The van der Waals surface area contributed by atoms with Crippen LogP contribution in [0.25, 0.3) is 0 Å². The number of nitrogens with zero attached hydrogens (tertiary/aromatic N) is 4. The Hall–Kier alpha value is -3.32. The van der Waals surface area contributed by atoms with Gasteiger partial charge in [-0.25, -0.2) is 9.48 Å². The first-order chi connectivity index (χ1) is 16.3. The highest BCUT2D eigenvalue weighted by atomic mass is 35.5. The van der Waals surface area contributed by atoms with Gasteiger partial charge in [0.1, 0.15) is 10.7 Å². The molecule has 1 atom stereocenters. The lowest BCUT2D eigenvalue weighted by Gasteiger charge is -2.37. The molecule has 1 aromatic heterocycles. The summed E-state index contributed by atoms with van der Waals surface area (Å²) < 4.78 is 7.10. The molecule has 0 N–H and O–H groups in total. The van der Waals surface area contributed by atoms with E-state index >= 15 is 0 Å². The number of esters is 1. The molecule has 0 bridgehead atoms. The number of piperazine rings is 1. The number of aryl methyl sites for hydroxylation is 2. The fraction of sp³-hybridized carbons (Fsp3) is 0.346. The lowest BCUT2D eigenvalue weighted by atomic mass is 10.1. The number of carbonyl (C=O) groups is 2. The topological polar surface area (TPSA) is 67.7 Å². The molecule has 34 heavy (non-hydrogen) atoms. The number of hydrogen-bond donors (Lipinski definition) is 0.